The molecule has 2 heterocycles. The van der Waals surface area contributed by atoms with E-state index in [1.165, 1.54) is 16.8 Å². The van der Waals surface area contributed by atoms with Crippen LogP contribution in [0.4, 0.5) is 0 Å². The molecule has 0 N–H and O–H groups in total. The van der Waals surface area contributed by atoms with E-state index in [0.29, 0.717) is 0 Å². The van der Waals surface area contributed by atoms with Crippen LogP contribution >= 0.6 is 0 Å². The summed E-state index contributed by atoms with van der Waals surface area (Å²) in [6.45, 7) is 12.1. The first-order valence-corrected chi connectivity index (χ1v) is 5.67. The molecule has 0 saturated carbocycles. The summed E-state index contributed by atoms with van der Waals surface area (Å²) in [6, 6.07) is 2.10. The molecule has 2 aromatic rings. The minimum atomic E-state index is 1.18. The highest BCUT2D eigenvalue weighted by atomic mass is 14.9. The molecule has 0 aliphatic heterocycles. The van der Waals surface area contributed by atoms with Gasteiger partial charge in [0.15, 0.2) is 0 Å². The molecule has 0 aliphatic carbocycles. The standard InChI is InChI=1S/C9H10N2.2C2H6/c1-7-3-4-11-8(2)5-10-6-9(7)11;2*1-2/h3-6H,1-2H3;2*1-2H3. The van der Waals surface area contributed by atoms with Crippen LogP contribution in [-0.2, 0) is 0 Å². The minimum absolute atomic E-state index is 1.18. The van der Waals surface area contributed by atoms with E-state index in [2.05, 4.69) is 35.5 Å². The summed E-state index contributed by atoms with van der Waals surface area (Å²) in [7, 11) is 0. The Bertz CT molecular complexity index is 388. The summed E-state index contributed by atoms with van der Waals surface area (Å²) in [5, 5.41) is 0. The molecule has 0 unspecified atom stereocenters. The highest BCUT2D eigenvalue weighted by molar-refractivity contribution is 5.53. The van der Waals surface area contributed by atoms with Crippen molar-refractivity contribution in [3.63, 3.8) is 0 Å². The maximum atomic E-state index is 4.12. The third kappa shape index (κ3) is 3.08. The van der Waals surface area contributed by atoms with E-state index in [9.17, 15) is 0 Å². The predicted molar refractivity (Wildman–Crippen MR) is 67.4 cm³/mol. The second-order valence-electron chi connectivity index (χ2n) is 2.80. The summed E-state index contributed by atoms with van der Waals surface area (Å²) in [5.41, 5.74) is 3.65. The Balaban J connectivity index is 0.000000442. The minimum Gasteiger partial charge on any atom is -0.318 e. The zero-order valence-corrected chi connectivity index (χ0v) is 10.7. The second kappa shape index (κ2) is 7.04. The number of aromatic nitrogens is 2. The third-order valence-corrected chi connectivity index (χ3v) is 1.98. The summed E-state index contributed by atoms with van der Waals surface area (Å²) in [6.07, 6.45) is 5.83. The fraction of sp³-hybridized carbons (Fsp3) is 0.462. The molecule has 0 saturated heterocycles. The monoisotopic (exact) mass is 206 g/mol. The van der Waals surface area contributed by atoms with Crippen LogP contribution in [0.2, 0.25) is 0 Å². The van der Waals surface area contributed by atoms with Crippen LogP contribution in [0.25, 0.3) is 5.52 Å². The summed E-state index contributed by atoms with van der Waals surface area (Å²) in [5.74, 6) is 0. The van der Waals surface area contributed by atoms with Crippen molar-refractivity contribution in [2.45, 2.75) is 41.5 Å². The summed E-state index contributed by atoms with van der Waals surface area (Å²) >= 11 is 0. The first kappa shape index (κ1) is 13.7. The van der Waals surface area contributed by atoms with E-state index < -0.39 is 0 Å². The van der Waals surface area contributed by atoms with Crippen molar-refractivity contribution in [1.82, 2.24) is 9.38 Å². The van der Waals surface area contributed by atoms with Crippen molar-refractivity contribution in [2.24, 2.45) is 0 Å². The Kier molecular flexibility index (Phi) is 6.43. The molecule has 0 aliphatic rings. The molecule has 0 spiro atoms. The number of hydrogen-bond acceptors (Lipinski definition) is 1. The van der Waals surface area contributed by atoms with E-state index in [-0.39, 0.29) is 0 Å². The average Bonchev–Trinajstić information content (AvgIpc) is 2.68. The summed E-state index contributed by atoms with van der Waals surface area (Å²) in [4.78, 5) is 4.12. The van der Waals surface area contributed by atoms with E-state index in [1.807, 2.05) is 40.1 Å². The lowest BCUT2D eigenvalue weighted by molar-refractivity contribution is 1.05. The zero-order valence-electron chi connectivity index (χ0n) is 10.7. The molecular weight excluding hydrogens is 184 g/mol. The van der Waals surface area contributed by atoms with Gasteiger partial charge < -0.3 is 4.40 Å². The van der Waals surface area contributed by atoms with Gasteiger partial charge in [-0.1, -0.05) is 27.7 Å². The maximum Gasteiger partial charge on any atom is 0.0665 e. The van der Waals surface area contributed by atoms with Crippen molar-refractivity contribution < 1.29 is 0 Å². The quantitative estimate of drug-likeness (QED) is 0.636. The van der Waals surface area contributed by atoms with Crippen LogP contribution in [0.3, 0.4) is 0 Å². The Morgan fingerprint density at radius 2 is 1.60 bits per heavy atom. The highest BCUT2D eigenvalue weighted by Gasteiger charge is 1.97. The van der Waals surface area contributed by atoms with Crippen LogP contribution in [0.15, 0.2) is 24.7 Å². The van der Waals surface area contributed by atoms with Gasteiger partial charge in [-0.05, 0) is 25.5 Å². The fourth-order valence-electron chi connectivity index (χ4n) is 1.29. The summed E-state index contributed by atoms with van der Waals surface area (Å²) < 4.78 is 2.14. The second-order valence-corrected chi connectivity index (χ2v) is 2.80. The first-order chi connectivity index (χ1) is 7.29. The van der Waals surface area contributed by atoms with Crippen molar-refractivity contribution in [1.29, 1.82) is 0 Å². The lowest BCUT2D eigenvalue weighted by atomic mass is 10.3. The van der Waals surface area contributed by atoms with Gasteiger partial charge in [0.1, 0.15) is 0 Å². The van der Waals surface area contributed by atoms with Gasteiger partial charge >= 0.3 is 0 Å². The number of fused-ring (bicyclic) bond motifs is 1. The molecule has 84 valence electrons. The van der Waals surface area contributed by atoms with E-state index in [1.54, 1.807) is 0 Å². The molecule has 2 heteroatoms. The average molecular weight is 206 g/mol. The fourth-order valence-corrected chi connectivity index (χ4v) is 1.29. The van der Waals surface area contributed by atoms with Crippen molar-refractivity contribution >= 4 is 5.52 Å². The van der Waals surface area contributed by atoms with Crippen LogP contribution in [-0.4, -0.2) is 9.38 Å². The van der Waals surface area contributed by atoms with Gasteiger partial charge in [-0.3, -0.25) is 4.98 Å². The molecule has 0 bridgehead atoms. The van der Waals surface area contributed by atoms with Crippen LogP contribution < -0.4 is 0 Å². The molecule has 0 fully saturated rings. The number of nitrogens with zero attached hydrogens (tertiary/aromatic N) is 2. The number of rotatable bonds is 0. The van der Waals surface area contributed by atoms with Gasteiger partial charge in [0.05, 0.1) is 11.7 Å². The molecule has 15 heavy (non-hydrogen) atoms. The molecule has 2 aromatic heterocycles. The Morgan fingerprint density at radius 1 is 1.00 bits per heavy atom. The Hall–Kier alpha value is -1.31. The molecule has 0 radical (unpaired) electrons. The molecule has 2 nitrogen and oxygen atoms in total. The number of aryl methyl sites for hydroxylation is 2. The maximum absolute atomic E-state index is 4.12. The molecule has 2 rings (SSSR count). The van der Waals surface area contributed by atoms with Crippen LogP contribution in [0, 0.1) is 13.8 Å². The van der Waals surface area contributed by atoms with Gasteiger partial charge in [-0.2, -0.15) is 0 Å². The predicted octanol–water partition coefficient (Wildman–Crippen LogP) is 4.00. The molecule has 0 amide bonds. The largest absolute Gasteiger partial charge is 0.318 e. The van der Waals surface area contributed by atoms with E-state index in [0.717, 1.165) is 0 Å². The van der Waals surface area contributed by atoms with E-state index >= 15 is 0 Å². The lowest BCUT2D eigenvalue weighted by Crippen LogP contribution is -1.89. The normalized spacial score (nSPS) is 8.67. The SMILES string of the molecule is CC.CC.Cc1ccn2c(C)cncc12. The van der Waals surface area contributed by atoms with Crippen LogP contribution in [0.5, 0.6) is 0 Å². The van der Waals surface area contributed by atoms with Crippen LogP contribution in [0.1, 0.15) is 39.0 Å². The molecule has 0 atom stereocenters. The van der Waals surface area contributed by atoms with Crippen molar-refractivity contribution in [2.75, 3.05) is 0 Å². The van der Waals surface area contributed by atoms with Gasteiger partial charge in [0.25, 0.3) is 0 Å². The molecule has 0 aromatic carbocycles. The Labute approximate surface area is 93.0 Å². The topological polar surface area (TPSA) is 17.3 Å². The van der Waals surface area contributed by atoms with Gasteiger partial charge in [0.2, 0.25) is 0 Å². The number of hydrogen-bond donors (Lipinski definition) is 0. The lowest BCUT2D eigenvalue weighted by Gasteiger charge is -1.98. The third-order valence-electron chi connectivity index (χ3n) is 1.98. The highest BCUT2D eigenvalue weighted by Crippen LogP contribution is 2.11. The molecular formula is C13H22N2. The first-order valence-electron chi connectivity index (χ1n) is 5.67. The smallest absolute Gasteiger partial charge is 0.0665 e. The van der Waals surface area contributed by atoms with Crippen molar-refractivity contribution in [3.8, 4) is 0 Å². The zero-order chi connectivity index (χ0) is 11.8. The van der Waals surface area contributed by atoms with Gasteiger partial charge in [-0.25, -0.2) is 0 Å². The van der Waals surface area contributed by atoms with Crippen molar-refractivity contribution in [3.05, 3.63) is 35.9 Å². The van der Waals surface area contributed by atoms with Gasteiger partial charge in [0, 0.05) is 18.1 Å². The van der Waals surface area contributed by atoms with E-state index in [4.69, 9.17) is 0 Å². The Morgan fingerprint density at radius 3 is 2.13 bits per heavy atom. The van der Waals surface area contributed by atoms with Gasteiger partial charge in [-0.15, -0.1) is 0 Å².